The van der Waals surface area contributed by atoms with E-state index in [-0.39, 0.29) is 10.8 Å². The van der Waals surface area contributed by atoms with Gasteiger partial charge in [-0.2, -0.15) is 0 Å². The molecule has 1 aromatic rings. The fraction of sp³-hybridized carbons (Fsp3) is 0.333. The molecule has 1 heterocycles. The monoisotopic (exact) mass is 207 g/mol. The minimum Gasteiger partial charge on any atom is -0.380 e. The second-order valence-corrected chi connectivity index (χ2v) is 4.88. The number of nitrogens with two attached hydrogens (primary N) is 1. The predicted molar refractivity (Wildman–Crippen MR) is 46.4 cm³/mol. The summed E-state index contributed by atoms with van der Waals surface area (Å²) in [6, 6.07) is 1.69. The molecular formula is C6H9NO3S2. The van der Waals surface area contributed by atoms with Gasteiger partial charge in [0.2, 0.25) is 10.0 Å². The van der Waals surface area contributed by atoms with E-state index < -0.39 is 10.0 Å². The lowest BCUT2D eigenvalue weighted by molar-refractivity contribution is 0.183. The molecule has 0 aromatic carbocycles. The van der Waals surface area contributed by atoms with Crippen molar-refractivity contribution in [2.75, 3.05) is 7.11 Å². The molecule has 0 amide bonds. The molecule has 0 radical (unpaired) electrons. The van der Waals surface area contributed by atoms with Gasteiger partial charge in [0.05, 0.1) is 6.61 Å². The van der Waals surface area contributed by atoms with E-state index in [4.69, 9.17) is 9.88 Å². The van der Waals surface area contributed by atoms with Gasteiger partial charge in [0.15, 0.2) is 0 Å². The summed E-state index contributed by atoms with van der Waals surface area (Å²) >= 11 is 1.10. The normalized spacial score (nSPS) is 11.8. The van der Waals surface area contributed by atoms with E-state index in [0.717, 1.165) is 11.3 Å². The van der Waals surface area contributed by atoms with E-state index in [1.807, 2.05) is 0 Å². The van der Waals surface area contributed by atoms with Gasteiger partial charge in [0, 0.05) is 12.7 Å². The van der Waals surface area contributed by atoms with E-state index in [1.165, 1.54) is 7.11 Å². The Morgan fingerprint density at radius 3 is 2.83 bits per heavy atom. The summed E-state index contributed by atoms with van der Waals surface area (Å²) in [5, 5.41) is 6.63. The third-order valence-electron chi connectivity index (χ3n) is 1.26. The molecule has 68 valence electrons. The van der Waals surface area contributed by atoms with Crippen molar-refractivity contribution >= 4 is 21.4 Å². The van der Waals surface area contributed by atoms with Gasteiger partial charge in [-0.15, -0.1) is 11.3 Å². The van der Waals surface area contributed by atoms with E-state index in [2.05, 4.69) is 0 Å². The summed E-state index contributed by atoms with van der Waals surface area (Å²) in [6.45, 7) is 0.273. The van der Waals surface area contributed by atoms with Gasteiger partial charge in [-0.05, 0) is 11.4 Å². The van der Waals surface area contributed by atoms with E-state index in [1.54, 1.807) is 11.4 Å². The SMILES string of the molecule is COCc1ccsc1S(N)(=O)=O. The Labute approximate surface area is 75.0 Å². The maximum atomic E-state index is 10.9. The number of methoxy groups -OCH3 is 1. The van der Waals surface area contributed by atoms with E-state index >= 15 is 0 Å². The van der Waals surface area contributed by atoms with Crippen molar-refractivity contribution in [3.8, 4) is 0 Å². The lowest BCUT2D eigenvalue weighted by Gasteiger charge is -1.98. The number of primary sulfonamides is 1. The highest BCUT2D eigenvalue weighted by atomic mass is 32.2. The van der Waals surface area contributed by atoms with Gasteiger partial charge in [-0.25, -0.2) is 13.6 Å². The summed E-state index contributed by atoms with van der Waals surface area (Å²) in [5.74, 6) is 0. The topological polar surface area (TPSA) is 69.4 Å². The van der Waals surface area contributed by atoms with Gasteiger partial charge < -0.3 is 4.74 Å². The molecule has 0 spiro atoms. The van der Waals surface area contributed by atoms with Crippen molar-refractivity contribution in [2.24, 2.45) is 5.14 Å². The second kappa shape index (κ2) is 3.53. The Morgan fingerprint density at radius 2 is 2.33 bits per heavy atom. The van der Waals surface area contributed by atoms with Crippen molar-refractivity contribution in [2.45, 2.75) is 10.8 Å². The molecule has 12 heavy (non-hydrogen) atoms. The molecule has 0 saturated carbocycles. The third kappa shape index (κ3) is 2.04. The molecule has 0 bridgehead atoms. The van der Waals surface area contributed by atoms with Crippen LogP contribution >= 0.6 is 11.3 Å². The number of hydrogen-bond donors (Lipinski definition) is 1. The smallest absolute Gasteiger partial charge is 0.247 e. The maximum Gasteiger partial charge on any atom is 0.247 e. The first-order valence-corrected chi connectivity index (χ1v) is 5.56. The van der Waals surface area contributed by atoms with Crippen LogP contribution in [0.5, 0.6) is 0 Å². The van der Waals surface area contributed by atoms with Crippen LogP contribution in [0.25, 0.3) is 0 Å². The molecule has 6 heteroatoms. The second-order valence-electron chi connectivity index (χ2n) is 2.21. The number of rotatable bonds is 3. The predicted octanol–water partition coefficient (Wildman–Crippen LogP) is 0.542. The number of hydrogen-bond acceptors (Lipinski definition) is 4. The molecule has 0 aliphatic carbocycles. The van der Waals surface area contributed by atoms with Gasteiger partial charge in [-0.1, -0.05) is 0 Å². The molecule has 0 aliphatic heterocycles. The highest BCUT2D eigenvalue weighted by Crippen LogP contribution is 2.21. The number of thiophene rings is 1. The summed E-state index contributed by atoms with van der Waals surface area (Å²) < 4.78 is 26.8. The fourth-order valence-electron chi connectivity index (χ4n) is 0.834. The molecular weight excluding hydrogens is 198 g/mol. The third-order valence-corrected chi connectivity index (χ3v) is 3.78. The van der Waals surface area contributed by atoms with Crippen LogP contribution in [0.3, 0.4) is 0 Å². The highest BCUT2D eigenvalue weighted by molar-refractivity contribution is 7.91. The van der Waals surface area contributed by atoms with E-state index in [9.17, 15) is 8.42 Å². The molecule has 0 fully saturated rings. The molecule has 2 N–H and O–H groups in total. The lowest BCUT2D eigenvalue weighted by atomic mass is 10.4. The zero-order chi connectivity index (χ0) is 9.19. The van der Waals surface area contributed by atoms with Gasteiger partial charge in [0.1, 0.15) is 4.21 Å². The van der Waals surface area contributed by atoms with Crippen LogP contribution in [0.15, 0.2) is 15.7 Å². The zero-order valence-electron chi connectivity index (χ0n) is 6.48. The number of ether oxygens (including phenoxy) is 1. The summed E-state index contributed by atoms with van der Waals surface area (Å²) in [4.78, 5) is 0. The van der Waals surface area contributed by atoms with Crippen molar-refractivity contribution in [3.05, 3.63) is 17.0 Å². The van der Waals surface area contributed by atoms with Crippen LogP contribution in [0, 0.1) is 0 Å². The average Bonchev–Trinajstić information content (AvgIpc) is 2.34. The van der Waals surface area contributed by atoms with Gasteiger partial charge >= 0.3 is 0 Å². The Hall–Kier alpha value is -0.430. The first-order valence-electron chi connectivity index (χ1n) is 3.14. The maximum absolute atomic E-state index is 10.9. The van der Waals surface area contributed by atoms with Crippen molar-refractivity contribution in [3.63, 3.8) is 0 Å². The van der Waals surface area contributed by atoms with Crippen LogP contribution in [0.1, 0.15) is 5.56 Å². The molecule has 0 saturated heterocycles. The molecule has 0 atom stereocenters. The molecule has 0 aliphatic rings. The van der Waals surface area contributed by atoms with Gasteiger partial charge in [-0.3, -0.25) is 0 Å². The van der Waals surface area contributed by atoms with Crippen LogP contribution < -0.4 is 5.14 Å². The van der Waals surface area contributed by atoms with Crippen molar-refractivity contribution in [1.82, 2.24) is 0 Å². The first kappa shape index (κ1) is 9.66. The minimum atomic E-state index is -3.57. The van der Waals surface area contributed by atoms with Crippen LogP contribution in [0.4, 0.5) is 0 Å². The molecule has 0 unspecified atom stereocenters. The standard InChI is InChI=1S/C6H9NO3S2/c1-10-4-5-2-3-11-6(5)12(7,8)9/h2-3H,4H2,1H3,(H2,7,8,9). The summed E-state index contributed by atoms with van der Waals surface area (Å²) in [5.41, 5.74) is 0.616. The van der Waals surface area contributed by atoms with Crippen LogP contribution in [0.2, 0.25) is 0 Å². The highest BCUT2D eigenvalue weighted by Gasteiger charge is 2.14. The molecule has 1 rings (SSSR count). The Bertz CT molecular complexity index is 355. The van der Waals surface area contributed by atoms with Crippen LogP contribution in [-0.2, 0) is 21.4 Å². The van der Waals surface area contributed by atoms with E-state index in [0.29, 0.717) is 5.56 Å². The summed E-state index contributed by atoms with van der Waals surface area (Å²) in [7, 11) is -2.07. The summed E-state index contributed by atoms with van der Waals surface area (Å²) in [6.07, 6.45) is 0. The first-order chi connectivity index (χ1) is 5.55. The van der Waals surface area contributed by atoms with Crippen molar-refractivity contribution in [1.29, 1.82) is 0 Å². The minimum absolute atomic E-state index is 0.185. The Kier molecular flexibility index (Phi) is 2.84. The largest absolute Gasteiger partial charge is 0.380 e. The van der Waals surface area contributed by atoms with Gasteiger partial charge in [0.25, 0.3) is 0 Å². The number of sulfonamides is 1. The Balaban J connectivity index is 3.08. The average molecular weight is 207 g/mol. The van der Waals surface area contributed by atoms with Crippen molar-refractivity contribution < 1.29 is 13.2 Å². The Morgan fingerprint density at radius 1 is 1.67 bits per heavy atom. The molecule has 4 nitrogen and oxygen atoms in total. The van der Waals surface area contributed by atoms with Crippen LogP contribution in [-0.4, -0.2) is 15.5 Å². The zero-order valence-corrected chi connectivity index (χ0v) is 8.11. The lowest BCUT2D eigenvalue weighted by Crippen LogP contribution is -2.12. The molecule has 1 aromatic heterocycles. The fourth-order valence-corrected chi connectivity index (χ4v) is 2.66. The quantitative estimate of drug-likeness (QED) is 0.786.